The number of carbonyl (C=O) groups excluding carboxylic acids is 1. The number of carbonyl (C=O) groups is 1. The van der Waals surface area contributed by atoms with E-state index in [0.29, 0.717) is 22.0 Å². The van der Waals surface area contributed by atoms with Crippen LogP contribution in [0.5, 0.6) is 0 Å². The van der Waals surface area contributed by atoms with Gasteiger partial charge < -0.3 is 10.6 Å². The van der Waals surface area contributed by atoms with Crippen molar-refractivity contribution < 1.29 is 18.0 Å². The Morgan fingerprint density at radius 2 is 1.97 bits per heavy atom. The van der Waals surface area contributed by atoms with Crippen LogP contribution in [0.4, 0.5) is 24.0 Å². The summed E-state index contributed by atoms with van der Waals surface area (Å²) < 4.78 is 43.8. The zero-order valence-corrected chi connectivity index (χ0v) is 23.5. The number of hydrogen-bond acceptors (Lipinski definition) is 5. The molecular formula is C27H27BrF3N5OS. The first-order valence-corrected chi connectivity index (χ1v) is 14.0. The fraction of sp³-hybridized carbons (Fsp3) is 0.444. The summed E-state index contributed by atoms with van der Waals surface area (Å²) in [5.74, 6) is -0.0550. The third-order valence-corrected chi connectivity index (χ3v) is 9.22. The number of aromatic nitrogens is 2. The summed E-state index contributed by atoms with van der Waals surface area (Å²) in [5.41, 5.74) is 2.10. The van der Waals surface area contributed by atoms with Crippen LogP contribution in [0.25, 0.3) is 0 Å². The second kappa shape index (κ2) is 9.72. The first-order valence-electron chi connectivity index (χ1n) is 12.4. The van der Waals surface area contributed by atoms with E-state index >= 15 is 0 Å². The lowest BCUT2D eigenvalue weighted by Gasteiger charge is -2.33. The molecule has 0 fully saturated rings. The molecule has 3 aromatic rings. The first-order chi connectivity index (χ1) is 17.8. The molecule has 2 aliphatic rings. The molecule has 0 bridgehead atoms. The summed E-state index contributed by atoms with van der Waals surface area (Å²) in [6.07, 6.45) is -2.24. The van der Waals surface area contributed by atoms with Gasteiger partial charge in [0.25, 0.3) is 5.91 Å². The van der Waals surface area contributed by atoms with Crippen molar-refractivity contribution >= 4 is 44.0 Å². The van der Waals surface area contributed by atoms with E-state index < -0.39 is 24.2 Å². The lowest BCUT2D eigenvalue weighted by Crippen LogP contribution is -2.35. The van der Waals surface area contributed by atoms with E-state index in [-0.39, 0.29) is 23.3 Å². The number of nitrogens with zero attached hydrogens (tertiary/aromatic N) is 3. The highest BCUT2D eigenvalue weighted by molar-refractivity contribution is 9.10. The van der Waals surface area contributed by atoms with Gasteiger partial charge >= 0.3 is 6.18 Å². The van der Waals surface area contributed by atoms with E-state index in [4.69, 9.17) is 0 Å². The molecule has 0 saturated heterocycles. The minimum absolute atomic E-state index is 0.121. The van der Waals surface area contributed by atoms with Crippen molar-refractivity contribution in [1.82, 2.24) is 9.78 Å². The fourth-order valence-corrected chi connectivity index (χ4v) is 6.83. The Kier molecular flexibility index (Phi) is 6.84. The van der Waals surface area contributed by atoms with E-state index in [0.717, 1.165) is 38.9 Å². The molecule has 200 valence electrons. The van der Waals surface area contributed by atoms with Crippen LogP contribution in [0, 0.1) is 22.7 Å². The Balaban J connectivity index is 1.42. The Bertz CT molecular complexity index is 1410. The summed E-state index contributed by atoms with van der Waals surface area (Å²) in [6.45, 7) is 6.61. The number of nitrogens with one attached hydrogen (secondary N) is 2. The van der Waals surface area contributed by atoms with E-state index in [1.165, 1.54) is 17.4 Å². The van der Waals surface area contributed by atoms with Crippen molar-refractivity contribution in [2.75, 3.05) is 10.6 Å². The second-order valence-corrected chi connectivity index (χ2v) is 13.0. The van der Waals surface area contributed by atoms with Crippen molar-refractivity contribution in [3.8, 4) is 6.07 Å². The standard InChI is InChI=1S/C27H27BrF3N5OS/c1-26(2,3)15-6-9-17-18(13-32)25(38-21(17)10-15)34-24(37)20-12-23-33-19(14-4-7-16(28)8-5-14)11-22(27(29,30)31)36(23)35-20/h4-5,7-8,12,15,19,22,33H,6,9-11H2,1-3H3,(H,34,37)/t15-,19-,22+/m1/s1. The Hall–Kier alpha value is -2.84. The molecule has 0 spiro atoms. The van der Waals surface area contributed by atoms with Gasteiger partial charge in [-0.1, -0.05) is 48.8 Å². The molecule has 3 heterocycles. The van der Waals surface area contributed by atoms with Crippen LogP contribution >= 0.6 is 27.3 Å². The molecule has 0 saturated carbocycles. The largest absolute Gasteiger partial charge is 0.410 e. The molecule has 1 aliphatic heterocycles. The molecular weight excluding hydrogens is 579 g/mol. The van der Waals surface area contributed by atoms with Gasteiger partial charge in [0, 0.05) is 21.8 Å². The summed E-state index contributed by atoms with van der Waals surface area (Å²) in [6, 6.07) is 8.17. The third kappa shape index (κ3) is 5.08. The number of amides is 1. The average Bonchev–Trinajstić information content (AvgIpc) is 3.43. The van der Waals surface area contributed by atoms with Gasteiger partial charge in [0.05, 0.1) is 11.6 Å². The molecule has 1 aromatic carbocycles. The van der Waals surface area contributed by atoms with Gasteiger partial charge in [-0.3, -0.25) is 4.79 Å². The number of rotatable bonds is 3. The lowest BCUT2D eigenvalue weighted by molar-refractivity contribution is -0.173. The molecule has 6 nitrogen and oxygen atoms in total. The van der Waals surface area contributed by atoms with Crippen LogP contribution < -0.4 is 10.6 Å². The lowest BCUT2D eigenvalue weighted by atomic mass is 9.72. The van der Waals surface area contributed by atoms with E-state index in [1.54, 1.807) is 24.3 Å². The molecule has 5 rings (SSSR count). The maximum Gasteiger partial charge on any atom is 0.410 e. The molecule has 1 aliphatic carbocycles. The molecule has 11 heteroatoms. The molecule has 38 heavy (non-hydrogen) atoms. The second-order valence-electron chi connectivity index (χ2n) is 11.0. The van der Waals surface area contributed by atoms with Gasteiger partial charge in [0.15, 0.2) is 11.7 Å². The normalized spacial score (nSPS) is 21.2. The first kappa shape index (κ1) is 26.8. The maximum absolute atomic E-state index is 14.0. The van der Waals surface area contributed by atoms with E-state index in [1.807, 2.05) is 0 Å². The predicted molar refractivity (Wildman–Crippen MR) is 144 cm³/mol. The summed E-state index contributed by atoms with van der Waals surface area (Å²) in [5, 5.41) is 20.2. The van der Waals surface area contributed by atoms with Crippen molar-refractivity contribution in [3.05, 3.63) is 62.1 Å². The number of alkyl halides is 3. The van der Waals surface area contributed by atoms with Gasteiger partial charge in [-0.05, 0) is 53.9 Å². The molecule has 0 unspecified atom stereocenters. The monoisotopic (exact) mass is 605 g/mol. The quantitative estimate of drug-likeness (QED) is 0.321. The molecule has 0 radical (unpaired) electrons. The molecule has 3 atom stereocenters. The zero-order valence-electron chi connectivity index (χ0n) is 21.1. The van der Waals surface area contributed by atoms with Crippen LogP contribution in [0.2, 0.25) is 0 Å². The van der Waals surface area contributed by atoms with Crippen molar-refractivity contribution in [2.24, 2.45) is 11.3 Å². The Morgan fingerprint density at radius 1 is 1.26 bits per heavy atom. The third-order valence-electron chi connectivity index (χ3n) is 7.52. The van der Waals surface area contributed by atoms with Gasteiger partial charge in [-0.15, -0.1) is 11.3 Å². The van der Waals surface area contributed by atoms with Gasteiger partial charge in [-0.25, -0.2) is 4.68 Å². The fourth-order valence-electron chi connectivity index (χ4n) is 5.30. The average molecular weight is 607 g/mol. The van der Waals surface area contributed by atoms with Crippen molar-refractivity contribution in [2.45, 2.75) is 64.7 Å². The summed E-state index contributed by atoms with van der Waals surface area (Å²) in [7, 11) is 0. The van der Waals surface area contributed by atoms with E-state index in [9.17, 15) is 23.2 Å². The number of fused-ring (bicyclic) bond motifs is 2. The van der Waals surface area contributed by atoms with Crippen LogP contribution in [0.1, 0.15) is 77.8 Å². The molecule has 1 amide bonds. The number of anilines is 2. The van der Waals surface area contributed by atoms with Crippen LogP contribution in [0.3, 0.4) is 0 Å². The van der Waals surface area contributed by atoms with Gasteiger partial charge in [0.2, 0.25) is 0 Å². The number of hydrogen-bond donors (Lipinski definition) is 2. The topological polar surface area (TPSA) is 82.7 Å². The van der Waals surface area contributed by atoms with Crippen molar-refractivity contribution in [1.29, 1.82) is 5.26 Å². The molecule has 2 N–H and O–H groups in total. The van der Waals surface area contributed by atoms with Crippen LogP contribution in [0.15, 0.2) is 34.8 Å². The predicted octanol–water partition coefficient (Wildman–Crippen LogP) is 7.64. The van der Waals surface area contributed by atoms with Gasteiger partial charge in [0.1, 0.15) is 16.9 Å². The van der Waals surface area contributed by atoms with Crippen LogP contribution in [-0.4, -0.2) is 21.9 Å². The highest BCUT2D eigenvalue weighted by Crippen LogP contribution is 2.45. The number of thiophene rings is 1. The Morgan fingerprint density at radius 3 is 2.61 bits per heavy atom. The number of benzene rings is 1. The smallest absolute Gasteiger partial charge is 0.363 e. The SMILES string of the molecule is CC(C)(C)[C@@H]1CCc2c(sc(NC(=O)c3cc4n(n3)[C@H](C(F)(F)F)C[C@H](c3ccc(Br)cc3)N4)c2C#N)C1. The minimum atomic E-state index is -4.55. The van der Waals surface area contributed by atoms with E-state index in [2.05, 4.69) is 58.5 Å². The molecule has 2 aromatic heterocycles. The summed E-state index contributed by atoms with van der Waals surface area (Å²) in [4.78, 5) is 14.3. The maximum atomic E-state index is 14.0. The Labute approximate surface area is 231 Å². The zero-order chi connectivity index (χ0) is 27.4. The minimum Gasteiger partial charge on any atom is -0.363 e. The highest BCUT2D eigenvalue weighted by atomic mass is 79.9. The van der Waals surface area contributed by atoms with Gasteiger partial charge in [-0.2, -0.15) is 23.5 Å². The number of halogens is 4. The number of nitriles is 1. The van der Waals surface area contributed by atoms with Crippen molar-refractivity contribution in [3.63, 3.8) is 0 Å². The highest BCUT2D eigenvalue weighted by Gasteiger charge is 2.47. The summed E-state index contributed by atoms with van der Waals surface area (Å²) >= 11 is 4.73. The van der Waals surface area contributed by atoms with Crippen LogP contribution in [-0.2, 0) is 12.8 Å².